The second-order valence-electron chi connectivity index (χ2n) is 8.43. The maximum atomic E-state index is 15.0. The third-order valence-electron chi connectivity index (χ3n) is 6.16. The summed E-state index contributed by atoms with van der Waals surface area (Å²) in [5, 5.41) is 0. The Bertz CT molecular complexity index is 1170. The molecule has 0 saturated carbocycles. The van der Waals surface area contributed by atoms with Crippen molar-refractivity contribution in [1.29, 1.82) is 0 Å². The highest BCUT2D eigenvalue weighted by Gasteiger charge is 2.25. The number of allylic oxidation sites excluding steroid dienone is 1. The van der Waals surface area contributed by atoms with Gasteiger partial charge in [-0.2, -0.15) is 4.39 Å². The summed E-state index contributed by atoms with van der Waals surface area (Å²) >= 11 is 0. The van der Waals surface area contributed by atoms with Gasteiger partial charge in [0.05, 0.1) is 19.7 Å². The van der Waals surface area contributed by atoms with Crippen molar-refractivity contribution in [3.05, 3.63) is 89.8 Å². The van der Waals surface area contributed by atoms with E-state index in [0.717, 1.165) is 12.0 Å². The Kier molecular flexibility index (Phi) is 8.31. The summed E-state index contributed by atoms with van der Waals surface area (Å²) in [4.78, 5) is 0. The maximum Gasteiger partial charge on any atom is 0.201 e. The van der Waals surface area contributed by atoms with Crippen molar-refractivity contribution >= 4 is 7.85 Å². The molecule has 0 radical (unpaired) electrons. The Morgan fingerprint density at radius 2 is 1.69 bits per heavy atom. The van der Waals surface area contributed by atoms with Crippen molar-refractivity contribution in [3.63, 3.8) is 0 Å². The number of benzene rings is 3. The molecule has 0 spiro atoms. The summed E-state index contributed by atoms with van der Waals surface area (Å²) < 4.78 is 60.3. The van der Waals surface area contributed by atoms with Crippen molar-refractivity contribution < 1.29 is 27.4 Å². The topological polar surface area (TPSA) is 27.7 Å². The van der Waals surface area contributed by atoms with E-state index in [0.29, 0.717) is 36.3 Å². The zero-order valence-corrected chi connectivity index (χ0v) is 19.9. The molecule has 1 aliphatic heterocycles. The minimum Gasteiger partial charge on any atom is -0.500 e. The average molecular weight is 480 g/mol. The van der Waals surface area contributed by atoms with Crippen molar-refractivity contribution in [1.82, 2.24) is 0 Å². The second kappa shape index (κ2) is 11.6. The lowest BCUT2D eigenvalue weighted by molar-refractivity contribution is -0.160. The van der Waals surface area contributed by atoms with Crippen LogP contribution in [0.2, 0.25) is 0 Å². The van der Waals surface area contributed by atoms with Gasteiger partial charge < -0.3 is 14.2 Å². The first kappa shape index (κ1) is 25.1. The van der Waals surface area contributed by atoms with Gasteiger partial charge in [-0.1, -0.05) is 48.6 Å². The van der Waals surface area contributed by atoms with Crippen LogP contribution in [-0.4, -0.2) is 33.9 Å². The summed E-state index contributed by atoms with van der Waals surface area (Å²) in [5.41, 5.74) is 2.79. The Morgan fingerprint density at radius 3 is 2.34 bits per heavy atom. The third-order valence-corrected chi connectivity index (χ3v) is 6.16. The Balaban J connectivity index is 1.45. The molecule has 3 nitrogen and oxygen atoms in total. The summed E-state index contributed by atoms with van der Waals surface area (Å²) in [6.45, 7) is 3.10. The zero-order valence-electron chi connectivity index (χ0n) is 19.9. The van der Waals surface area contributed by atoms with Crippen LogP contribution < -0.4 is 4.74 Å². The first-order valence-electron chi connectivity index (χ1n) is 11.9. The smallest absolute Gasteiger partial charge is 0.201 e. The molecule has 2 unspecified atom stereocenters. The fraction of sp³-hybridized carbons (Fsp3) is 0.286. The number of hydrogen-bond acceptors (Lipinski definition) is 3. The zero-order chi connectivity index (χ0) is 24.8. The molecule has 0 aromatic heterocycles. The van der Waals surface area contributed by atoms with Crippen molar-refractivity contribution in [2.75, 3.05) is 19.7 Å². The molecule has 4 rings (SSSR count). The fourth-order valence-electron chi connectivity index (χ4n) is 4.26. The number of rotatable bonds is 8. The van der Waals surface area contributed by atoms with E-state index >= 15 is 4.39 Å². The maximum absolute atomic E-state index is 15.0. The van der Waals surface area contributed by atoms with Crippen LogP contribution in [0.5, 0.6) is 5.75 Å². The minimum atomic E-state index is -1.01. The molecule has 2 atom stereocenters. The molecule has 1 fully saturated rings. The quantitative estimate of drug-likeness (QED) is 0.283. The van der Waals surface area contributed by atoms with Gasteiger partial charge in [-0.3, -0.25) is 0 Å². The van der Waals surface area contributed by atoms with Gasteiger partial charge >= 0.3 is 0 Å². The number of ether oxygens (including phenoxy) is 3. The molecule has 182 valence electrons. The van der Waals surface area contributed by atoms with E-state index in [1.807, 2.05) is 25.1 Å². The largest absolute Gasteiger partial charge is 0.500 e. The van der Waals surface area contributed by atoms with Gasteiger partial charge in [-0.25, -0.2) is 8.78 Å². The van der Waals surface area contributed by atoms with Gasteiger partial charge in [-0.15, -0.1) is 0 Å². The molecule has 1 aliphatic rings. The molecule has 1 saturated heterocycles. The molecule has 0 N–H and O–H groups in total. The van der Waals surface area contributed by atoms with Crippen molar-refractivity contribution in [2.24, 2.45) is 0 Å². The Morgan fingerprint density at radius 1 is 0.943 bits per heavy atom. The van der Waals surface area contributed by atoms with Crippen LogP contribution in [0, 0.1) is 17.5 Å². The van der Waals surface area contributed by atoms with E-state index in [9.17, 15) is 8.78 Å². The molecule has 0 amide bonds. The molecule has 3 aromatic rings. The van der Waals surface area contributed by atoms with Gasteiger partial charge in [0, 0.05) is 11.5 Å². The highest BCUT2D eigenvalue weighted by Crippen LogP contribution is 2.34. The van der Waals surface area contributed by atoms with E-state index in [1.54, 1.807) is 38.2 Å². The Hall–Kier alpha value is -3.03. The molecule has 35 heavy (non-hydrogen) atoms. The first-order valence-corrected chi connectivity index (χ1v) is 11.9. The number of hydrogen-bond donors (Lipinski definition) is 0. The third kappa shape index (κ3) is 5.80. The van der Waals surface area contributed by atoms with E-state index in [-0.39, 0.29) is 35.8 Å². The molecule has 0 aliphatic carbocycles. The molecular formula is C28H28BF3O3. The van der Waals surface area contributed by atoms with E-state index < -0.39 is 11.6 Å². The standard InChI is InChI=1S/C28H28BF3O3/c1-2-3-14-33-26-13-9-21(16-34-26)22-10-8-20(15-24(22)30)18-4-6-19(7-5-18)23-11-12-25(35-17-29)28(32)27(23)31/h2-8,10-12,15,21,26H,9,13-14,16-17,29H2,1H3/b3-2+. The lowest BCUT2D eigenvalue weighted by Gasteiger charge is -2.29. The normalized spacial score (nSPS) is 18.2. The van der Waals surface area contributed by atoms with Gasteiger partial charge in [0.2, 0.25) is 5.82 Å². The van der Waals surface area contributed by atoms with Gasteiger partial charge in [0.15, 0.2) is 25.7 Å². The summed E-state index contributed by atoms with van der Waals surface area (Å²) in [5.74, 6) is -2.38. The average Bonchev–Trinajstić information content (AvgIpc) is 2.88. The van der Waals surface area contributed by atoms with Crippen molar-refractivity contribution in [2.45, 2.75) is 32.0 Å². The first-order chi connectivity index (χ1) is 17.0. The molecule has 7 heteroatoms. The van der Waals surface area contributed by atoms with E-state index in [1.165, 1.54) is 18.2 Å². The van der Waals surface area contributed by atoms with Crippen LogP contribution in [0.1, 0.15) is 31.2 Å². The van der Waals surface area contributed by atoms with Gasteiger partial charge in [-0.05, 0) is 60.2 Å². The van der Waals surface area contributed by atoms with Crippen LogP contribution in [0.25, 0.3) is 22.3 Å². The number of halogens is 3. The highest BCUT2D eigenvalue weighted by atomic mass is 19.2. The van der Waals surface area contributed by atoms with E-state index in [2.05, 4.69) is 0 Å². The van der Waals surface area contributed by atoms with Crippen LogP contribution in [-0.2, 0) is 9.47 Å². The SMILES string of the molecule is BCOc1ccc(-c2ccc(-c3ccc(C4CCC(OC/C=C/C)OC4)c(F)c3)cc2)c(F)c1F. The minimum absolute atomic E-state index is 0.0227. The fourth-order valence-corrected chi connectivity index (χ4v) is 4.26. The lowest BCUT2D eigenvalue weighted by atomic mass is 9.91. The predicted molar refractivity (Wildman–Crippen MR) is 134 cm³/mol. The molecule has 1 heterocycles. The van der Waals surface area contributed by atoms with Gasteiger partial charge in [0.1, 0.15) is 5.82 Å². The predicted octanol–water partition coefficient (Wildman–Crippen LogP) is 6.22. The summed E-state index contributed by atoms with van der Waals surface area (Å²) in [6, 6.07) is 15.0. The molecule has 3 aromatic carbocycles. The summed E-state index contributed by atoms with van der Waals surface area (Å²) in [6.07, 6.45) is 5.10. The monoisotopic (exact) mass is 480 g/mol. The molecule has 0 bridgehead atoms. The summed E-state index contributed by atoms with van der Waals surface area (Å²) in [7, 11) is 1.71. The lowest BCUT2D eigenvalue weighted by Crippen LogP contribution is -2.27. The van der Waals surface area contributed by atoms with Crippen molar-refractivity contribution in [3.8, 4) is 28.0 Å². The van der Waals surface area contributed by atoms with Crippen LogP contribution in [0.3, 0.4) is 0 Å². The van der Waals surface area contributed by atoms with Crippen LogP contribution >= 0.6 is 0 Å². The highest BCUT2D eigenvalue weighted by molar-refractivity contribution is 6.08. The van der Waals surface area contributed by atoms with Crippen LogP contribution in [0.15, 0.2) is 66.7 Å². The van der Waals surface area contributed by atoms with Crippen LogP contribution in [0.4, 0.5) is 13.2 Å². The van der Waals surface area contributed by atoms with Gasteiger partial charge in [0.25, 0.3) is 0 Å². The second-order valence-corrected chi connectivity index (χ2v) is 8.43. The molecular weight excluding hydrogens is 452 g/mol. The Labute approximate surface area is 204 Å². The van der Waals surface area contributed by atoms with E-state index in [4.69, 9.17) is 14.2 Å².